The third-order valence-corrected chi connectivity index (χ3v) is 5.26. The number of nitrogens with zero attached hydrogens (tertiary/aromatic N) is 1. The largest absolute Gasteiger partial charge is 0.508 e. The van der Waals surface area contributed by atoms with E-state index >= 15 is 0 Å². The zero-order valence-electron chi connectivity index (χ0n) is 14.5. The van der Waals surface area contributed by atoms with E-state index in [9.17, 15) is 9.90 Å². The molecule has 0 unspecified atom stereocenters. The van der Waals surface area contributed by atoms with Gasteiger partial charge in [0.25, 0.3) is 0 Å². The second kappa shape index (κ2) is 7.18. The quantitative estimate of drug-likeness (QED) is 0.685. The van der Waals surface area contributed by atoms with E-state index in [-0.39, 0.29) is 11.4 Å². The highest BCUT2D eigenvalue weighted by Gasteiger charge is 2.38. The zero-order valence-corrected chi connectivity index (χ0v) is 14.5. The van der Waals surface area contributed by atoms with Crippen LogP contribution in [0.2, 0.25) is 0 Å². The number of benzene rings is 1. The van der Waals surface area contributed by atoms with Gasteiger partial charge in [-0.05, 0) is 48.9 Å². The number of methoxy groups -OCH3 is 1. The van der Waals surface area contributed by atoms with Crippen LogP contribution in [0.1, 0.15) is 32.8 Å². The number of phenols is 1. The Hall–Kier alpha value is -1.81. The maximum Gasteiger partial charge on any atom is 0.334 e. The van der Waals surface area contributed by atoms with E-state index in [1.165, 1.54) is 12.7 Å². The van der Waals surface area contributed by atoms with Crippen LogP contribution in [0.5, 0.6) is 5.75 Å². The number of piperidine rings is 1. The molecule has 0 radical (unpaired) electrons. The van der Waals surface area contributed by atoms with E-state index in [0.717, 1.165) is 19.5 Å². The Morgan fingerprint density at radius 1 is 1.52 bits per heavy atom. The van der Waals surface area contributed by atoms with Gasteiger partial charge in [0.15, 0.2) is 0 Å². The average molecular weight is 317 g/mol. The van der Waals surface area contributed by atoms with Crippen molar-refractivity contribution in [2.45, 2.75) is 32.6 Å². The number of phenolic OH excluding ortho intramolecular Hbond substituents is 1. The highest BCUT2D eigenvalue weighted by molar-refractivity contribution is 5.88. The van der Waals surface area contributed by atoms with Gasteiger partial charge in [-0.3, -0.25) is 4.90 Å². The smallest absolute Gasteiger partial charge is 0.334 e. The number of esters is 1. The van der Waals surface area contributed by atoms with Gasteiger partial charge in [0.05, 0.1) is 7.11 Å². The Labute approximate surface area is 138 Å². The van der Waals surface area contributed by atoms with E-state index in [1.807, 2.05) is 25.1 Å². The first-order valence-electron chi connectivity index (χ1n) is 8.16. The van der Waals surface area contributed by atoms with Gasteiger partial charge in [0.2, 0.25) is 0 Å². The monoisotopic (exact) mass is 317 g/mol. The summed E-state index contributed by atoms with van der Waals surface area (Å²) in [4.78, 5) is 14.0. The number of carbonyl (C=O) groups excluding carboxylic acids is 1. The van der Waals surface area contributed by atoms with Crippen molar-refractivity contribution in [1.82, 2.24) is 4.90 Å². The molecule has 23 heavy (non-hydrogen) atoms. The summed E-state index contributed by atoms with van der Waals surface area (Å²) in [7, 11) is 1.42. The summed E-state index contributed by atoms with van der Waals surface area (Å²) in [5, 5.41) is 9.77. The van der Waals surface area contributed by atoms with E-state index in [2.05, 4.69) is 24.8 Å². The Kier molecular flexibility index (Phi) is 5.47. The van der Waals surface area contributed by atoms with Crippen LogP contribution in [0.25, 0.3) is 0 Å². The zero-order chi connectivity index (χ0) is 17.0. The predicted octanol–water partition coefficient (Wildman–Crippen LogP) is 3.11. The van der Waals surface area contributed by atoms with Crippen molar-refractivity contribution in [3.8, 4) is 5.75 Å². The number of aromatic hydroxyl groups is 1. The summed E-state index contributed by atoms with van der Waals surface area (Å²) in [6, 6.07) is 7.58. The fourth-order valence-electron chi connectivity index (χ4n) is 3.40. The summed E-state index contributed by atoms with van der Waals surface area (Å²) in [5.41, 5.74) is 1.93. The summed E-state index contributed by atoms with van der Waals surface area (Å²) < 4.78 is 4.83. The first kappa shape index (κ1) is 17.5. The van der Waals surface area contributed by atoms with Gasteiger partial charge in [-0.15, -0.1) is 0 Å². The fourth-order valence-corrected chi connectivity index (χ4v) is 3.40. The minimum atomic E-state index is -0.249. The molecule has 126 valence electrons. The Bertz CT molecular complexity index is 596. The summed E-state index contributed by atoms with van der Waals surface area (Å²) >= 11 is 0. The van der Waals surface area contributed by atoms with Crippen molar-refractivity contribution in [3.63, 3.8) is 0 Å². The van der Waals surface area contributed by atoms with Gasteiger partial charge >= 0.3 is 5.97 Å². The molecule has 1 N–H and O–H groups in total. The van der Waals surface area contributed by atoms with E-state index in [4.69, 9.17) is 4.74 Å². The van der Waals surface area contributed by atoms with Crippen LogP contribution in [0.15, 0.2) is 35.9 Å². The SMILES string of the molecule is C/C=C(\CN1CC[C@@](C)(c2cccc(O)c2)[C@@H](C)C1)C(=O)OC. The highest BCUT2D eigenvalue weighted by atomic mass is 16.5. The number of rotatable bonds is 4. The van der Waals surface area contributed by atoms with Crippen LogP contribution in [-0.2, 0) is 14.9 Å². The third kappa shape index (κ3) is 3.75. The number of hydrogen-bond donors (Lipinski definition) is 1. The van der Waals surface area contributed by atoms with Crippen LogP contribution in [-0.4, -0.2) is 42.7 Å². The predicted molar refractivity (Wildman–Crippen MR) is 91.5 cm³/mol. The maximum atomic E-state index is 11.7. The Morgan fingerprint density at radius 3 is 2.83 bits per heavy atom. The first-order valence-corrected chi connectivity index (χ1v) is 8.16. The summed E-state index contributed by atoms with van der Waals surface area (Å²) in [6.45, 7) is 8.84. The van der Waals surface area contributed by atoms with E-state index in [0.29, 0.717) is 23.8 Å². The van der Waals surface area contributed by atoms with Crippen LogP contribution in [0.3, 0.4) is 0 Å². The molecular weight excluding hydrogens is 290 g/mol. The molecule has 4 nitrogen and oxygen atoms in total. The molecule has 2 rings (SSSR count). The lowest BCUT2D eigenvalue weighted by molar-refractivity contribution is -0.136. The van der Waals surface area contributed by atoms with Crippen LogP contribution in [0.4, 0.5) is 0 Å². The van der Waals surface area contributed by atoms with Crippen molar-refractivity contribution in [3.05, 3.63) is 41.5 Å². The molecule has 0 aliphatic carbocycles. The van der Waals surface area contributed by atoms with E-state index in [1.54, 1.807) is 6.07 Å². The third-order valence-electron chi connectivity index (χ3n) is 5.26. The van der Waals surface area contributed by atoms with Gasteiger partial charge in [-0.2, -0.15) is 0 Å². The molecule has 4 heteroatoms. The van der Waals surface area contributed by atoms with E-state index < -0.39 is 0 Å². The summed E-state index contributed by atoms with van der Waals surface area (Å²) in [5.74, 6) is 0.496. The molecule has 2 atom stereocenters. The van der Waals surface area contributed by atoms with Gasteiger partial charge in [0, 0.05) is 18.7 Å². The number of allylic oxidation sites excluding steroid dienone is 1. The molecule has 1 aliphatic heterocycles. The summed E-state index contributed by atoms with van der Waals surface area (Å²) in [6.07, 6.45) is 2.83. The topological polar surface area (TPSA) is 49.8 Å². The number of carbonyl (C=O) groups is 1. The molecule has 0 aromatic heterocycles. The van der Waals surface area contributed by atoms with Gasteiger partial charge in [-0.1, -0.05) is 32.1 Å². The molecule has 0 saturated carbocycles. The van der Waals surface area contributed by atoms with Gasteiger partial charge in [0.1, 0.15) is 5.75 Å². The van der Waals surface area contributed by atoms with Crippen LogP contribution in [0, 0.1) is 5.92 Å². The Balaban J connectivity index is 2.09. The molecule has 0 bridgehead atoms. The average Bonchev–Trinajstić information content (AvgIpc) is 2.55. The Morgan fingerprint density at radius 2 is 2.26 bits per heavy atom. The lowest BCUT2D eigenvalue weighted by Gasteiger charge is -2.45. The van der Waals surface area contributed by atoms with Crippen molar-refractivity contribution in [2.75, 3.05) is 26.7 Å². The molecule has 1 heterocycles. The molecule has 1 fully saturated rings. The first-order chi connectivity index (χ1) is 10.9. The molecule has 1 aromatic rings. The van der Waals surface area contributed by atoms with Crippen LogP contribution >= 0.6 is 0 Å². The minimum Gasteiger partial charge on any atom is -0.508 e. The van der Waals surface area contributed by atoms with Gasteiger partial charge < -0.3 is 9.84 Å². The minimum absolute atomic E-state index is 0.0383. The molecule has 1 aromatic carbocycles. The lowest BCUT2D eigenvalue weighted by atomic mass is 9.68. The number of hydrogen-bond acceptors (Lipinski definition) is 4. The lowest BCUT2D eigenvalue weighted by Crippen LogP contribution is -2.48. The van der Waals surface area contributed by atoms with Crippen molar-refractivity contribution >= 4 is 5.97 Å². The molecular formula is C19H27NO3. The maximum absolute atomic E-state index is 11.7. The second-order valence-electron chi connectivity index (χ2n) is 6.66. The molecule has 0 spiro atoms. The number of likely N-dealkylation sites (tertiary alicyclic amines) is 1. The van der Waals surface area contributed by atoms with Crippen molar-refractivity contribution < 1.29 is 14.6 Å². The fraction of sp³-hybridized carbons (Fsp3) is 0.526. The normalized spacial score (nSPS) is 26.1. The van der Waals surface area contributed by atoms with Crippen LogP contribution < -0.4 is 0 Å². The standard InChI is InChI=1S/C19H27NO3/c1-5-15(18(22)23-4)13-20-10-9-19(3,14(2)12-20)16-7-6-8-17(21)11-16/h5-8,11,14,21H,9-10,12-13H2,1-4H3/b15-5+/t14-,19+/m0/s1. The van der Waals surface area contributed by atoms with Crippen molar-refractivity contribution in [2.24, 2.45) is 5.92 Å². The second-order valence-corrected chi connectivity index (χ2v) is 6.66. The van der Waals surface area contributed by atoms with Gasteiger partial charge in [-0.25, -0.2) is 4.79 Å². The highest BCUT2D eigenvalue weighted by Crippen LogP contribution is 2.40. The number of ether oxygens (including phenoxy) is 1. The van der Waals surface area contributed by atoms with Crippen molar-refractivity contribution in [1.29, 1.82) is 0 Å². The molecule has 0 amide bonds. The molecule has 1 aliphatic rings. The molecule has 1 saturated heterocycles.